The van der Waals surface area contributed by atoms with Crippen LogP contribution in [0.15, 0.2) is 12.3 Å². The van der Waals surface area contributed by atoms with Gasteiger partial charge in [0.25, 0.3) is 17.4 Å². The van der Waals surface area contributed by atoms with Crippen LogP contribution in [0.4, 0.5) is 14.5 Å². The van der Waals surface area contributed by atoms with E-state index < -0.39 is 33.5 Å². The second-order valence-electron chi connectivity index (χ2n) is 2.42. The zero-order valence-electron chi connectivity index (χ0n) is 6.99. The third-order valence-corrected chi connectivity index (χ3v) is 1.75. The number of pyridine rings is 1. The molecule has 0 aliphatic rings. The summed E-state index contributed by atoms with van der Waals surface area (Å²) in [5, 5.41) is 9.14. The molecule has 8 heteroatoms. The number of halogens is 3. The van der Waals surface area contributed by atoms with Crippen LogP contribution in [0.1, 0.15) is 22.5 Å². The van der Waals surface area contributed by atoms with E-state index >= 15 is 0 Å². The van der Waals surface area contributed by atoms with Gasteiger partial charge in [-0.15, -0.1) is 0 Å². The normalized spacial score (nSPS) is 10.4. The van der Waals surface area contributed by atoms with Crippen molar-refractivity contribution in [3.63, 3.8) is 0 Å². The van der Waals surface area contributed by atoms with Crippen molar-refractivity contribution in [2.75, 3.05) is 0 Å². The second-order valence-corrected chi connectivity index (χ2v) is 2.77. The maximum Gasteiger partial charge on any atom is 0.282 e. The highest BCUT2D eigenvalue weighted by atomic mass is 35.5. The van der Waals surface area contributed by atoms with Gasteiger partial charge >= 0.3 is 0 Å². The molecular formula is C7H3ClF2N2O3. The van der Waals surface area contributed by atoms with Crippen LogP contribution < -0.4 is 0 Å². The van der Waals surface area contributed by atoms with Crippen LogP contribution in [0.5, 0.6) is 0 Å². The van der Waals surface area contributed by atoms with Crippen molar-refractivity contribution in [3.05, 3.63) is 33.6 Å². The highest BCUT2D eigenvalue weighted by molar-refractivity contribution is 6.67. The average molecular weight is 237 g/mol. The van der Waals surface area contributed by atoms with E-state index in [1.807, 2.05) is 0 Å². The summed E-state index contributed by atoms with van der Waals surface area (Å²) in [6.45, 7) is 0. The van der Waals surface area contributed by atoms with E-state index in [4.69, 9.17) is 11.6 Å². The number of nitrogens with zero attached hydrogens (tertiary/aromatic N) is 2. The minimum absolute atomic E-state index is 0.783. The van der Waals surface area contributed by atoms with Crippen LogP contribution in [0.2, 0.25) is 0 Å². The molecule has 15 heavy (non-hydrogen) atoms. The van der Waals surface area contributed by atoms with E-state index in [2.05, 4.69) is 4.98 Å². The minimum Gasteiger partial charge on any atom is -0.274 e. The average Bonchev–Trinajstić information content (AvgIpc) is 2.16. The zero-order chi connectivity index (χ0) is 11.6. The van der Waals surface area contributed by atoms with Gasteiger partial charge in [0.1, 0.15) is 11.3 Å². The lowest BCUT2D eigenvalue weighted by molar-refractivity contribution is -0.386. The number of hydrogen-bond acceptors (Lipinski definition) is 4. The Kier molecular flexibility index (Phi) is 3.25. The number of rotatable bonds is 3. The van der Waals surface area contributed by atoms with Gasteiger partial charge in [0.05, 0.1) is 4.92 Å². The predicted molar refractivity (Wildman–Crippen MR) is 46.0 cm³/mol. The third-order valence-electron chi connectivity index (χ3n) is 1.57. The molecule has 1 aromatic rings. The Hall–Kier alpha value is -1.63. The molecule has 0 saturated heterocycles. The quantitative estimate of drug-likeness (QED) is 0.459. The Morgan fingerprint density at radius 2 is 2.20 bits per heavy atom. The topological polar surface area (TPSA) is 73.1 Å². The van der Waals surface area contributed by atoms with Crippen LogP contribution in [-0.2, 0) is 0 Å². The smallest absolute Gasteiger partial charge is 0.274 e. The fraction of sp³-hybridized carbons (Fsp3) is 0.143. The van der Waals surface area contributed by atoms with E-state index in [0.29, 0.717) is 0 Å². The van der Waals surface area contributed by atoms with Gasteiger partial charge in [0.2, 0.25) is 0 Å². The summed E-state index contributed by atoms with van der Waals surface area (Å²) in [7, 11) is 0. The summed E-state index contributed by atoms with van der Waals surface area (Å²) in [6.07, 6.45) is -2.31. The van der Waals surface area contributed by atoms with Gasteiger partial charge in [0.15, 0.2) is 0 Å². The number of nitro groups is 1. The van der Waals surface area contributed by atoms with Crippen molar-refractivity contribution >= 4 is 22.5 Å². The monoisotopic (exact) mass is 236 g/mol. The van der Waals surface area contributed by atoms with Crippen LogP contribution in [0.3, 0.4) is 0 Å². The minimum atomic E-state index is -3.18. The van der Waals surface area contributed by atoms with Crippen LogP contribution >= 0.6 is 11.6 Å². The van der Waals surface area contributed by atoms with E-state index in [0.717, 1.165) is 12.3 Å². The first-order valence-corrected chi connectivity index (χ1v) is 3.94. The molecule has 0 aromatic carbocycles. The summed E-state index contributed by atoms with van der Waals surface area (Å²) in [4.78, 5) is 23.3. The fourth-order valence-corrected chi connectivity index (χ4v) is 1.14. The Bertz CT molecular complexity index is 392. The Morgan fingerprint density at radius 1 is 1.60 bits per heavy atom. The molecule has 0 unspecified atom stereocenters. The number of carbonyl (C=O) groups excluding carboxylic acids is 1. The Balaban J connectivity index is 3.48. The molecule has 1 heterocycles. The van der Waals surface area contributed by atoms with Crippen LogP contribution in [0.25, 0.3) is 0 Å². The Morgan fingerprint density at radius 3 is 2.60 bits per heavy atom. The molecule has 0 bridgehead atoms. The first kappa shape index (κ1) is 11.4. The van der Waals surface area contributed by atoms with Crippen molar-refractivity contribution in [3.8, 4) is 0 Å². The molecule has 0 radical (unpaired) electrons. The summed E-state index contributed by atoms with van der Waals surface area (Å²) in [5.74, 6) is 0. The standard InChI is InChI=1S/C7H3ClF2N2O3/c8-6(13)5-4(7(9)10)3(12(14)15)1-2-11-5/h1-2,7H. The summed E-state index contributed by atoms with van der Waals surface area (Å²) in [5.41, 5.74) is -2.72. The van der Waals surface area contributed by atoms with Gasteiger partial charge in [-0.3, -0.25) is 19.9 Å². The van der Waals surface area contributed by atoms with Gasteiger partial charge in [-0.25, -0.2) is 8.78 Å². The van der Waals surface area contributed by atoms with Gasteiger partial charge < -0.3 is 0 Å². The van der Waals surface area contributed by atoms with Gasteiger partial charge in [0, 0.05) is 12.3 Å². The highest BCUT2D eigenvalue weighted by Gasteiger charge is 2.28. The molecule has 0 saturated carbocycles. The number of aromatic nitrogens is 1. The summed E-state index contributed by atoms with van der Waals surface area (Å²) in [6, 6.07) is 0.783. The molecular weight excluding hydrogens is 234 g/mol. The van der Waals surface area contributed by atoms with E-state index in [1.165, 1.54) is 0 Å². The molecule has 0 aliphatic carbocycles. The summed E-state index contributed by atoms with van der Waals surface area (Å²) >= 11 is 4.97. The second kappa shape index (κ2) is 4.26. The predicted octanol–water partition coefficient (Wildman–Crippen LogP) is 2.31. The van der Waals surface area contributed by atoms with Crippen LogP contribution in [-0.4, -0.2) is 15.1 Å². The van der Waals surface area contributed by atoms with E-state index in [9.17, 15) is 23.7 Å². The molecule has 0 atom stereocenters. The summed E-state index contributed by atoms with van der Waals surface area (Å²) < 4.78 is 24.9. The molecule has 1 aromatic heterocycles. The maximum atomic E-state index is 12.5. The largest absolute Gasteiger partial charge is 0.282 e. The lowest BCUT2D eigenvalue weighted by Crippen LogP contribution is -2.05. The molecule has 0 aliphatic heterocycles. The third kappa shape index (κ3) is 2.24. The van der Waals surface area contributed by atoms with Gasteiger partial charge in [-0.2, -0.15) is 0 Å². The van der Waals surface area contributed by atoms with Gasteiger partial charge in [-0.05, 0) is 11.6 Å². The number of hydrogen-bond donors (Lipinski definition) is 0. The zero-order valence-corrected chi connectivity index (χ0v) is 7.74. The molecule has 0 fully saturated rings. The van der Waals surface area contributed by atoms with Crippen molar-refractivity contribution in [1.82, 2.24) is 4.98 Å². The molecule has 0 N–H and O–H groups in total. The Labute approximate surface area is 86.8 Å². The SMILES string of the molecule is O=C(Cl)c1nccc([N+](=O)[O-])c1C(F)F. The maximum absolute atomic E-state index is 12.5. The number of carbonyl (C=O) groups is 1. The number of alkyl halides is 2. The highest BCUT2D eigenvalue weighted by Crippen LogP contribution is 2.31. The molecule has 80 valence electrons. The lowest BCUT2D eigenvalue weighted by Gasteiger charge is -2.03. The van der Waals surface area contributed by atoms with Crippen molar-refractivity contribution in [1.29, 1.82) is 0 Å². The molecule has 0 spiro atoms. The first-order valence-electron chi connectivity index (χ1n) is 3.56. The molecule has 5 nitrogen and oxygen atoms in total. The van der Waals surface area contributed by atoms with Crippen LogP contribution in [0, 0.1) is 10.1 Å². The molecule has 1 rings (SSSR count). The first-order chi connectivity index (χ1) is 6.95. The van der Waals surface area contributed by atoms with E-state index in [1.54, 1.807) is 0 Å². The van der Waals surface area contributed by atoms with E-state index in [-0.39, 0.29) is 0 Å². The van der Waals surface area contributed by atoms with Crippen molar-refractivity contribution in [2.24, 2.45) is 0 Å². The fourth-order valence-electron chi connectivity index (χ4n) is 0.994. The van der Waals surface area contributed by atoms with Crippen molar-refractivity contribution < 1.29 is 18.5 Å². The lowest BCUT2D eigenvalue weighted by atomic mass is 10.1. The van der Waals surface area contributed by atoms with Gasteiger partial charge in [-0.1, -0.05) is 0 Å². The molecule has 0 amide bonds. The van der Waals surface area contributed by atoms with Crippen molar-refractivity contribution in [2.45, 2.75) is 6.43 Å².